The third kappa shape index (κ3) is 1.19. The van der Waals surface area contributed by atoms with Crippen LogP contribution >= 0.6 is 12.2 Å². The number of rotatable bonds is 1. The molecule has 2 aromatic heterocycles. The van der Waals surface area contributed by atoms with Gasteiger partial charge in [0.15, 0.2) is 10.3 Å². The van der Waals surface area contributed by atoms with Crippen LogP contribution in [0.3, 0.4) is 0 Å². The molecule has 74 valence electrons. The van der Waals surface area contributed by atoms with Crippen molar-refractivity contribution in [3.05, 3.63) is 20.8 Å². The molecule has 2 rings (SSSR count). The van der Waals surface area contributed by atoms with Gasteiger partial charge in [-0.25, -0.2) is 0 Å². The summed E-state index contributed by atoms with van der Waals surface area (Å²) in [6.07, 6.45) is 0. The zero-order valence-corrected chi connectivity index (χ0v) is 8.73. The van der Waals surface area contributed by atoms with E-state index < -0.39 is 0 Å². The number of fused-ring (bicyclic) bond motifs is 1. The van der Waals surface area contributed by atoms with E-state index in [1.165, 1.54) is 0 Å². The van der Waals surface area contributed by atoms with Gasteiger partial charge in [-0.15, -0.1) is 0 Å². The number of aromatic nitrogens is 4. The molecule has 0 amide bonds. The SMILES string of the molecule is CCn1nc(C)c2[nH]c(=S)[nH]c(=O)c21. The normalized spacial score (nSPS) is 11.0. The van der Waals surface area contributed by atoms with Crippen molar-refractivity contribution in [3.8, 4) is 0 Å². The molecule has 0 aliphatic carbocycles. The van der Waals surface area contributed by atoms with Crippen LogP contribution in [-0.2, 0) is 6.54 Å². The van der Waals surface area contributed by atoms with Crippen LogP contribution in [0.25, 0.3) is 11.0 Å². The number of H-pyrrole nitrogens is 2. The van der Waals surface area contributed by atoms with Gasteiger partial charge in [-0.1, -0.05) is 0 Å². The fraction of sp³-hybridized carbons (Fsp3) is 0.375. The molecule has 0 unspecified atom stereocenters. The molecular formula is C8H10N4OS. The van der Waals surface area contributed by atoms with Crippen LogP contribution in [0.1, 0.15) is 12.6 Å². The second kappa shape index (κ2) is 3.06. The summed E-state index contributed by atoms with van der Waals surface area (Å²) in [7, 11) is 0. The molecule has 0 saturated carbocycles. The standard InChI is InChI=1S/C8H10N4OS/c1-3-12-6-5(4(2)11-12)9-8(14)10-7(6)13/h3H2,1-2H3,(H2,9,10,13,14). The van der Waals surface area contributed by atoms with Gasteiger partial charge in [0.05, 0.1) is 11.2 Å². The highest BCUT2D eigenvalue weighted by molar-refractivity contribution is 7.71. The van der Waals surface area contributed by atoms with Gasteiger partial charge >= 0.3 is 0 Å². The van der Waals surface area contributed by atoms with E-state index in [4.69, 9.17) is 12.2 Å². The summed E-state index contributed by atoms with van der Waals surface area (Å²) in [5.74, 6) is 0. The van der Waals surface area contributed by atoms with Crippen molar-refractivity contribution in [2.75, 3.05) is 0 Å². The Bertz CT molecular complexity index is 591. The Morgan fingerprint density at radius 1 is 1.50 bits per heavy atom. The average molecular weight is 210 g/mol. The third-order valence-corrected chi connectivity index (χ3v) is 2.31. The molecule has 2 aromatic rings. The Labute approximate surface area is 84.8 Å². The third-order valence-electron chi connectivity index (χ3n) is 2.11. The summed E-state index contributed by atoms with van der Waals surface area (Å²) in [5.41, 5.74) is 1.88. The van der Waals surface area contributed by atoms with E-state index in [2.05, 4.69) is 15.1 Å². The minimum atomic E-state index is -0.189. The van der Waals surface area contributed by atoms with Gasteiger partial charge in [0.2, 0.25) is 0 Å². The molecule has 0 saturated heterocycles. The first kappa shape index (κ1) is 9.14. The maximum Gasteiger partial charge on any atom is 0.277 e. The van der Waals surface area contributed by atoms with Gasteiger partial charge in [0.1, 0.15) is 0 Å². The van der Waals surface area contributed by atoms with Crippen molar-refractivity contribution < 1.29 is 0 Å². The summed E-state index contributed by atoms with van der Waals surface area (Å²) in [6, 6.07) is 0. The van der Waals surface area contributed by atoms with E-state index in [1.807, 2.05) is 13.8 Å². The number of nitrogens with one attached hydrogen (secondary N) is 2. The lowest BCUT2D eigenvalue weighted by molar-refractivity contribution is 0.673. The van der Waals surface area contributed by atoms with Crippen LogP contribution in [0.4, 0.5) is 0 Å². The largest absolute Gasteiger partial charge is 0.329 e. The minimum Gasteiger partial charge on any atom is -0.329 e. The van der Waals surface area contributed by atoms with E-state index in [9.17, 15) is 4.79 Å². The fourth-order valence-electron chi connectivity index (χ4n) is 1.50. The highest BCUT2D eigenvalue weighted by atomic mass is 32.1. The predicted octanol–water partition coefficient (Wildman–Crippen LogP) is 1.11. The summed E-state index contributed by atoms with van der Waals surface area (Å²) in [4.78, 5) is 17.1. The summed E-state index contributed by atoms with van der Waals surface area (Å²) >= 11 is 4.88. The van der Waals surface area contributed by atoms with Gasteiger partial charge in [0, 0.05) is 6.54 Å². The van der Waals surface area contributed by atoms with Crippen LogP contribution < -0.4 is 5.56 Å². The second-order valence-electron chi connectivity index (χ2n) is 3.03. The molecule has 0 aliphatic heterocycles. The predicted molar refractivity (Wildman–Crippen MR) is 55.9 cm³/mol. The van der Waals surface area contributed by atoms with E-state index in [0.29, 0.717) is 16.8 Å². The van der Waals surface area contributed by atoms with Crippen molar-refractivity contribution in [1.29, 1.82) is 0 Å². The fourth-order valence-corrected chi connectivity index (χ4v) is 1.69. The topological polar surface area (TPSA) is 66.5 Å². The molecule has 0 atom stereocenters. The van der Waals surface area contributed by atoms with Crippen LogP contribution in [0, 0.1) is 11.7 Å². The summed E-state index contributed by atoms with van der Waals surface area (Å²) in [6.45, 7) is 4.45. The number of aryl methyl sites for hydroxylation is 2. The number of hydrogen-bond donors (Lipinski definition) is 2. The Morgan fingerprint density at radius 3 is 2.86 bits per heavy atom. The molecule has 0 spiro atoms. The molecule has 2 heterocycles. The molecule has 0 aliphatic rings. The highest BCUT2D eigenvalue weighted by Gasteiger charge is 2.09. The minimum absolute atomic E-state index is 0.189. The molecule has 2 N–H and O–H groups in total. The van der Waals surface area contributed by atoms with Gasteiger partial charge in [-0.3, -0.25) is 14.5 Å². The van der Waals surface area contributed by atoms with Crippen LogP contribution in [-0.4, -0.2) is 19.7 Å². The Balaban J connectivity index is 3.04. The first-order valence-corrected chi connectivity index (χ1v) is 4.74. The number of hydrogen-bond acceptors (Lipinski definition) is 3. The molecule has 14 heavy (non-hydrogen) atoms. The maximum absolute atomic E-state index is 11.6. The Hall–Kier alpha value is -1.43. The molecule has 6 heteroatoms. The van der Waals surface area contributed by atoms with Gasteiger partial charge in [-0.2, -0.15) is 5.10 Å². The lowest BCUT2D eigenvalue weighted by Crippen LogP contribution is -2.12. The van der Waals surface area contributed by atoms with E-state index in [0.717, 1.165) is 11.2 Å². The Morgan fingerprint density at radius 2 is 2.21 bits per heavy atom. The highest BCUT2D eigenvalue weighted by Crippen LogP contribution is 2.10. The van der Waals surface area contributed by atoms with Gasteiger partial charge in [-0.05, 0) is 26.1 Å². The lowest BCUT2D eigenvalue weighted by atomic mass is 10.4. The molecule has 0 bridgehead atoms. The zero-order chi connectivity index (χ0) is 10.3. The second-order valence-corrected chi connectivity index (χ2v) is 3.44. The first-order chi connectivity index (χ1) is 6.63. The first-order valence-electron chi connectivity index (χ1n) is 4.33. The quantitative estimate of drug-likeness (QED) is 0.693. The smallest absolute Gasteiger partial charge is 0.277 e. The van der Waals surface area contributed by atoms with E-state index in [-0.39, 0.29) is 5.56 Å². The maximum atomic E-state index is 11.6. The zero-order valence-electron chi connectivity index (χ0n) is 7.92. The van der Waals surface area contributed by atoms with Crippen LogP contribution in [0.5, 0.6) is 0 Å². The van der Waals surface area contributed by atoms with Gasteiger partial charge < -0.3 is 4.98 Å². The monoisotopic (exact) mass is 210 g/mol. The van der Waals surface area contributed by atoms with Crippen molar-refractivity contribution in [1.82, 2.24) is 19.7 Å². The van der Waals surface area contributed by atoms with Crippen molar-refractivity contribution in [2.24, 2.45) is 0 Å². The summed E-state index contributed by atoms with van der Waals surface area (Å²) < 4.78 is 2.00. The van der Waals surface area contributed by atoms with Crippen molar-refractivity contribution >= 4 is 23.3 Å². The molecular weight excluding hydrogens is 200 g/mol. The summed E-state index contributed by atoms with van der Waals surface area (Å²) in [5, 5.41) is 4.23. The number of nitrogens with zero attached hydrogens (tertiary/aromatic N) is 2. The molecule has 5 nitrogen and oxygen atoms in total. The van der Waals surface area contributed by atoms with Crippen LogP contribution in [0.15, 0.2) is 4.79 Å². The van der Waals surface area contributed by atoms with E-state index >= 15 is 0 Å². The molecule has 0 radical (unpaired) electrons. The van der Waals surface area contributed by atoms with E-state index in [1.54, 1.807) is 4.68 Å². The Kier molecular flexibility index (Phi) is 1.99. The van der Waals surface area contributed by atoms with Gasteiger partial charge in [0.25, 0.3) is 5.56 Å². The number of aromatic amines is 2. The molecule has 0 fully saturated rings. The lowest BCUT2D eigenvalue weighted by Gasteiger charge is -1.95. The van der Waals surface area contributed by atoms with Crippen molar-refractivity contribution in [3.63, 3.8) is 0 Å². The average Bonchev–Trinajstić information content (AvgIpc) is 2.43. The van der Waals surface area contributed by atoms with Crippen LogP contribution in [0.2, 0.25) is 0 Å². The van der Waals surface area contributed by atoms with Crippen molar-refractivity contribution in [2.45, 2.75) is 20.4 Å². The molecule has 0 aromatic carbocycles.